The molecule has 0 heterocycles. The van der Waals surface area contributed by atoms with Gasteiger partial charge in [-0.1, -0.05) is 18.2 Å². The molecule has 0 saturated carbocycles. The van der Waals surface area contributed by atoms with Crippen molar-refractivity contribution in [3.63, 3.8) is 0 Å². The molecule has 0 aliphatic heterocycles. The highest BCUT2D eigenvalue weighted by atomic mass is 16.5. The molecule has 1 unspecified atom stereocenters. The van der Waals surface area contributed by atoms with Crippen molar-refractivity contribution in [2.75, 3.05) is 11.1 Å². The molecule has 0 aliphatic rings. The van der Waals surface area contributed by atoms with Gasteiger partial charge in [-0.25, -0.2) is 0 Å². The van der Waals surface area contributed by atoms with Crippen molar-refractivity contribution in [1.29, 1.82) is 0 Å². The van der Waals surface area contributed by atoms with Crippen LogP contribution >= 0.6 is 0 Å². The Balaban J connectivity index is 2.04. The average molecular weight is 284 g/mol. The minimum Gasteiger partial charge on any atom is -0.480 e. The van der Waals surface area contributed by atoms with Gasteiger partial charge in [0.2, 0.25) is 0 Å². The van der Waals surface area contributed by atoms with Gasteiger partial charge in [-0.3, -0.25) is 4.79 Å². The smallest absolute Gasteiger partial charge is 0.265 e. The van der Waals surface area contributed by atoms with E-state index in [9.17, 15) is 4.79 Å². The SMILES string of the molecule is Cc1cccc(C)c1OC(C)C(=O)Nc1ccc(N)cc1. The molecule has 0 aromatic heterocycles. The third kappa shape index (κ3) is 3.75. The lowest BCUT2D eigenvalue weighted by molar-refractivity contribution is -0.122. The number of aryl methyl sites for hydroxylation is 2. The van der Waals surface area contributed by atoms with Gasteiger partial charge in [0.1, 0.15) is 5.75 Å². The first-order chi connectivity index (χ1) is 9.97. The van der Waals surface area contributed by atoms with Crippen molar-refractivity contribution in [3.8, 4) is 5.75 Å². The molecule has 2 aromatic carbocycles. The largest absolute Gasteiger partial charge is 0.480 e. The maximum Gasteiger partial charge on any atom is 0.265 e. The summed E-state index contributed by atoms with van der Waals surface area (Å²) in [4.78, 5) is 12.2. The van der Waals surface area contributed by atoms with Gasteiger partial charge < -0.3 is 15.8 Å². The third-order valence-electron chi connectivity index (χ3n) is 3.25. The van der Waals surface area contributed by atoms with Gasteiger partial charge in [0, 0.05) is 11.4 Å². The maximum absolute atomic E-state index is 12.2. The van der Waals surface area contributed by atoms with E-state index in [1.165, 1.54) is 0 Å². The van der Waals surface area contributed by atoms with E-state index >= 15 is 0 Å². The van der Waals surface area contributed by atoms with Gasteiger partial charge >= 0.3 is 0 Å². The van der Waals surface area contributed by atoms with E-state index in [4.69, 9.17) is 10.5 Å². The number of hydrogen-bond acceptors (Lipinski definition) is 3. The summed E-state index contributed by atoms with van der Waals surface area (Å²) in [6, 6.07) is 12.9. The molecule has 0 spiro atoms. The fourth-order valence-corrected chi connectivity index (χ4v) is 2.03. The molecule has 0 fully saturated rings. The summed E-state index contributed by atoms with van der Waals surface area (Å²) in [6.45, 7) is 5.67. The van der Waals surface area contributed by atoms with Crippen LogP contribution in [0.2, 0.25) is 0 Å². The average Bonchev–Trinajstić information content (AvgIpc) is 2.45. The van der Waals surface area contributed by atoms with Crippen molar-refractivity contribution < 1.29 is 9.53 Å². The molecular formula is C17H20N2O2. The number of benzene rings is 2. The summed E-state index contributed by atoms with van der Waals surface area (Å²) >= 11 is 0. The number of amides is 1. The highest BCUT2D eigenvalue weighted by Gasteiger charge is 2.16. The van der Waals surface area contributed by atoms with E-state index in [2.05, 4.69) is 5.32 Å². The highest BCUT2D eigenvalue weighted by Crippen LogP contribution is 2.23. The van der Waals surface area contributed by atoms with Gasteiger partial charge in [0.05, 0.1) is 0 Å². The second-order valence-electron chi connectivity index (χ2n) is 5.09. The summed E-state index contributed by atoms with van der Waals surface area (Å²) < 4.78 is 5.80. The Morgan fingerprint density at radius 2 is 1.67 bits per heavy atom. The van der Waals surface area contributed by atoms with Gasteiger partial charge in [-0.15, -0.1) is 0 Å². The number of rotatable bonds is 4. The first kappa shape index (κ1) is 14.9. The van der Waals surface area contributed by atoms with Crippen molar-refractivity contribution in [2.45, 2.75) is 26.9 Å². The lowest BCUT2D eigenvalue weighted by atomic mass is 10.1. The summed E-state index contributed by atoms with van der Waals surface area (Å²) in [7, 11) is 0. The first-order valence-corrected chi connectivity index (χ1v) is 6.86. The Hall–Kier alpha value is -2.49. The number of nitrogens with one attached hydrogen (secondary N) is 1. The molecule has 0 aliphatic carbocycles. The van der Waals surface area contributed by atoms with Gasteiger partial charge in [-0.2, -0.15) is 0 Å². The maximum atomic E-state index is 12.2. The van der Waals surface area contributed by atoms with Gasteiger partial charge in [0.25, 0.3) is 5.91 Å². The Morgan fingerprint density at radius 3 is 2.24 bits per heavy atom. The predicted octanol–water partition coefficient (Wildman–Crippen LogP) is 3.29. The fourth-order valence-electron chi connectivity index (χ4n) is 2.03. The molecular weight excluding hydrogens is 264 g/mol. The number of carbonyl (C=O) groups is 1. The zero-order valence-corrected chi connectivity index (χ0v) is 12.5. The number of ether oxygens (including phenoxy) is 1. The van der Waals surface area contributed by atoms with Crippen LogP contribution in [-0.4, -0.2) is 12.0 Å². The van der Waals surface area contributed by atoms with Crippen LogP contribution in [0.1, 0.15) is 18.1 Å². The number of nitrogens with two attached hydrogens (primary N) is 1. The van der Waals surface area contributed by atoms with Crippen LogP contribution in [0.15, 0.2) is 42.5 Å². The zero-order chi connectivity index (χ0) is 15.4. The molecule has 0 bridgehead atoms. The molecule has 4 nitrogen and oxygen atoms in total. The molecule has 0 radical (unpaired) electrons. The van der Waals surface area contributed by atoms with E-state index in [1.807, 2.05) is 32.0 Å². The minimum atomic E-state index is -0.581. The van der Waals surface area contributed by atoms with E-state index < -0.39 is 6.10 Å². The number of anilines is 2. The molecule has 3 N–H and O–H groups in total. The Kier molecular flexibility index (Phi) is 4.48. The summed E-state index contributed by atoms with van der Waals surface area (Å²) in [5, 5.41) is 2.81. The standard InChI is InChI=1S/C17H20N2O2/c1-11-5-4-6-12(2)16(11)21-13(3)17(20)19-15-9-7-14(18)8-10-15/h4-10,13H,18H2,1-3H3,(H,19,20). The minimum absolute atomic E-state index is 0.192. The van der Waals surface area contributed by atoms with E-state index in [0.29, 0.717) is 11.4 Å². The number of hydrogen-bond donors (Lipinski definition) is 2. The van der Waals surface area contributed by atoms with Gasteiger partial charge in [0.15, 0.2) is 6.10 Å². The van der Waals surface area contributed by atoms with E-state index in [0.717, 1.165) is 16.9 Å². The van der Waals surface area contributed by atoms with Crippen molar-refractivity contribution in [2.24, 2.45) is 0 Å². The molecule has 1 amide bonds. The summed E-state index contributed by atoms with van der Waals surface area (Å²) in [5.74, 6) is 0.569. The Bertz CT molecular complexity index is 615. The topological polar surface area (TPSA) is 64.3 Å². The Morgan fingerprint density at radius 1 is 1.10 bits per heavy atom. The molecule has 1 atom stereocenters. The highest BCUT2D eigenvalue weighted by molar-refractivity contribution is 5.94. The van der Waals surface area contributed by atoms with Crippen LogP contribution in [0.5, 0.6) is 5.75 Å². The van der Waals surface area contributed by atoms with Crippen LogP contribution in [0, 0.1) is 13.8 Å². The first-order valence-electron chi connectivity index (χ1n) is 6.86. The van der Waals surface area contributed by atoms with E-state index in [-0.39, 0.29) is 5.91 Å². The normalized spacial score (nSPS) is 11.8. The Labute approximate surface area is 124 Å². The zero-order valence-electron chi connectivity index (χ0n) is 12.5. The van der Waals surface area contributed by atoms with Crippen LogP contribution in [0.3, 0.4) is 0 Å². The third-order valence-corrected chi connectivity index (χ3v) is 3.25. The summed E-state index contributed by atoms with van der Waals surface area (Å²) in [6.07, 6.45) is -0.581. The van der Waals surface area contributed by atoms with Crippen LogP contribution in [-0.2, 0) is 4.79 Å². The number of nitrogen functional groups attached to an aromatic ring is 1. The predicted molar refractivity (Wildman–Crippen MR) is 85.5 cm³/mol. The van der Waals surface area contributed by atoms with Crippen LogP contribution < -0.4 is 15.8 Å². The molecule has 0 saturated heterocycles. The van der Waals surface area contributed by atoms with Crippen molar-refractivity contribution in [1.82, 2.24) is 0 Å². The quantitative estimate of drug-likeness (QED) is 0.847. The number of para-hydroxylation sites is 1. The van der Waals surface area contributed by atoms with Crippen molar-refractivity contribution in [3.05, 3.63) is 53.6 Å². The lowest BCUT2D eigenvalue weighted by Gasteiger charge is -2.18. The molecule has 4 heteroatoms. The monoisotopic (exact) mass is 284 g/mol. The second kappa shape index (κ2) is 6.31. The second-order valence-corrected chi connectivity index (χ2v) is 5.09. The molecule has 2 rings (SSSR count). The van der Waals surface area contributed by atoms with Gasteiger partial charge in [-0.05, 0) is 56.2 Å². The summed E-state index contributed by atoms with van der Waals surface area (Å²) in [5.41, 5.74) is 9.01. The van der Waals surface area contributed by atoms with Crippen LogP contribution in [0.4, 0.5) is 11.4 Å². The number of carbonyl (C=O) groups excluding carboxylic acids is 1. The van der Waals surface area contributed by atoms with Crippen LogP contribution in [0.25, 0.3) is 0 Å². The lowest BCUT2D eigenvalue weighted by Crippen LogP contribution is -2.30. The molecule has 2 aromatic rings. The molecule has 110 valence electrons. The molecule has 21 heavy (non-hydrogen) atoms. The van der Waals surface area contributed by atoms with Crippen molar-refractivity contribution >= 4 is 17.3 Å². The van der Waals surface area contributed by atoms with E-state index in [1.54, 1.807) is 31.2 Å². The fraction of sp³-hybridized carbons (Fsp3) is 0.235.